The van der Waals surface area contributed by atoms with Crippen LogP contribution in [0, 0.1) is 0 Å². The predicted molar refractivity (Wildman–Crippen MR) is 73.5 cm³/mol. The first-order valence-electron chi connectivity index (χ1n) is 6.27. The maximum Gasteiger partial charge on any atom is 0.410 e. The lowest BCUT2D eigenvalue weighted by Gasteiger charge is -2.47. The van der Waals surface area contributed by atoms with Gasteiger partial charge in [0.15, 0.2) is 11.4 Å². The van der Waals surface area contributed by atoms with Crippen LogP contribution >= 0.6 is 11.6 Å². The molecule has 0 bridgehead atoms. The molecule has 0 saturated carbocycles. The zero-order valence-electron chi connectivity index (χ0n) is 12.0. The molecule has 2 heterocycles. The summed E-state index contributed by atoms with van der Waals surface area (Å²) in [5, 5.41) is 0.461. The number of ether oxygens (including phenoxy) is 2. The number of carbonyl (C=O) groups is 1. The molecule has 0 unspecified atom stereocenters. The van der Waals surface area contributed by atoms with Gasteiger partial charge in [-0.05, 0) is 20.8 Å². The van der Waals surface area contributed by atoms with E-state index in [0.29, 0.717) is 23.9 Å². The largest absolute Gasteiger partial charge is 0.444 e. The number of hydrogen-bond acceptors (Lipinski definition) is 5. The summed E-state index contributed by atoms with van der Waals surface area (Å²) in [7, 11) is 1.57. The van der Waals surface area contributed by atoms with Crippen molar-refractivity contribution in [2.45, 2.75) is 32.0 Å². The number of hydrogen-bond donors (Lipinski definition) is 0. The molecule has 0 N–H and O–H groups in total. The maximum absolute atomic E-state index is 11.9. The number of aromatic nitrogens is 2. The SMILES string of the molecule is COC1(c2ncc(Cl)cn2)CN(C(=O)OC(C)(C)C)C1. The summed E-state index contributed by atoms with van der Waals surface area (Å²) in [5.74, 6) is 0.518. The maximum atomic E-state index is 11.9. The summed E-state index contributed by atoms with van der Waals surface area (Å²) in [6.07, 6.45) is 2.67. The second-order valence-corrected chi connectivity index (χ2v) is 6.20. The van der Waals surface area contributed by atoms with Crippen LogP contribution in [0.1, 0.15) is 26.6 Å². The van der Waals surface area contributed by atoms with Crippen LogP contribution in [-0.4, -0.2) is 46.8 Å². The van der Waals surface area contributed by atoms with Crippen LogP contribution in [0.15, 0.2) is 12.4 Å². The van der Waals surface area contributed by atoms with Gasteiger partial charge in [-0.2, -0.15) is 0 Å². The third kappa shape index (κ3) is 3.02. The van der Waals surface area contributed by atoms with Gasteiger partial charge >= 0.3 is 6.09 Å². The quantitative estimate of drug-likeness (QED) is 0.838. The van der Waals surface area contributed by atoms with Crippen LogP contribution in [0.2, 0.25) is 5.02 Å². The van der Waals surface area contributed by atoms with Crippen molar-refractivity contribution in [2.75, 3.05) is 20.2 Å². The summed E-state index contributed by atoms with van der Waals surface area (Å²) in [5.41, 5.74) is -1.19. The molecule has 20 heavy (non-hydrogen) atoms. The summed E-state index contributed by atoms with van der Waals surface area (Å²) in [6, 6.07) is 0. The lowest BCUT2D eigenvalue weighted by molar-refractivity contribution is -0.132. The van der Waals surface area contributed by atoms with Gasteiger partial charge in [0.05, 0.1) is 18.1 Å². The number of amides is 1. The molecule has 0 spiro atoms. The number of rotatable bonds is 2. The van der Waals surface area contributed by atoms with Crippen LogP contribution in [0.3, 0.4) is 0 Å². The summed E-state index contributed by atoms with van der Waals surface area (Å²) >= 11 is 5.77. The van der Waals surface area contributed by atoms with Gasteiger partial charge in [0.1, 0.15) is 5.60 Å². The number of halogens is 1. The highest BCUT2D eigenvalue weighted by molar-refractivity contribution is 6.30. The first-order chi connectivity index (χ1) is 9.26. The zero-order chi connectivity index (χ0) is 15.0. The Bertz CT molecular complexity index is 493. The van der Waals surface area contributed by atoms with Crippen LogP contribution < -0.4 is 0 Å². The third-order valence-electron chi connectivity index (χ3n) is 2.96. The molecule has 110 valence electrons. The lowest BCUT2D eigenvalue weighted by Crippen LogP contribution is -2.63. The van der Waals surface area contributed by atoms with Gasteiger partial charge in [0.25, 0.3) is 0 Å². The molecule has 6 nitrogen and oxygen atoms in total. The Labute approximate surface area is 123 Å². The second-order valence-electron chi connectivity index (χ2n) is 5.76. The van der Waals surface area contributed by atoms with E-state index in [1.807, 2.05) is 20.8 Å². The molecule has 1 aliphatic heterocycles. The van der Waals surface area contributed by atoms with Crippen molar-refractivity contribution >= 4 is 17.7 Å². The average molecular weight is 300 g/mol. The smallest absolute Gasteiger partial charge is 0.410 e. The van der Waals surface area contributed by atoms with Gasteiger partial charge in [-0.15, -0.1) is 0 Å². The van der Waals surface area contributed by atoms with Crippen LogP contribution in [0.4, 0.5) is 4.79 Å². The second kappa shape index (κ2) is 5.18. The van der Waals surface area contributed by atoms with E-state index in [0.717, 1.165) is 0 Å². The summed E-state index contributed by atoms with van der Waals surface area (Å²) in [4.78, 5) is 21.8. The Kier molecular flexibility index (Phi) is 3.88. The van der Waals surface area contributed by atoms with Crippen molar-refractivity contribution in [2.24, 2.45) is 0 Å². The number of methoxy groups -OCH3 is 1. The van der Waals surface area contributed by atoms with Gasteiger partial charge in [-0.3, -0.25) is 0 Å². The molecule has 0 atom stereocenters. The van der Waals surface area contributed by atoms with E-state index in [1.54, 1.807) is 12.0 Å². The predicted octanol–water partition coefficient (Wildman–Crippen LogP) is 2.22. The van der Waals surface area contributed by atoms with Crippen molar-refractivity contribution in [3.63, 3.8) is 0 Å². The fraction of sp³-hybridized carbons (Fsp3) is 0.615. The van der Waals surface area contributed by atoms with E-state index >= 15 is 0 Å². The molecule has 1 saturated heterocycles. The molecule has 1 fully saturated rings. The molecule has 2 rings (SSSR count). The van der Waals surface area contributed by atoms with Crippen molar-refractivity contribution < 1.29 is 14.3 Å². The van der Waals surface area contributed by atoms with E-state index in [9.17, 15) is 4.79 Å². The molecule has 7 heteroatoms. The molecular weight excluding hydrogens is 282 g/mol. The first-order valence-corrected chi connectivity index (χ1v) is 6.65. The highest BCUT2D eigenvalue weighted by Gasteiger charge is 2.50. The van der Waals surface area contributed by atoms with Gasteiger partial charge in [-0.25, -0.2) is 14.8 Å². The van der Waals surface area contributed by atoms with Crippen LogP contribution in [0.5, 0.6) is 0 Å². The van der Waals surface area contributed by atoms with E-state index < -0.39 is 11.2 Å². The lowest BCUT2D eigenvalue weighted by atomic mass is 9.93. The Balaban J connectivity index is 2.04. The molecule has 0 aromatic carbocycles. The molecule has 0 aliphatic carbocycles. The first kappa shape index (κ1) is 15.0. The standard InChI is InChI=1S/C13H18ClN3O3/c1-12(2,3)20-11(18)17-7-13(8-17,19-4)10-15-5-9(14)6-16-10/h5-6H,7-8H2,1-4H3. The number of nitrogens with zero attached hydrogens (tertiary/aromatic N) is 3. The third-order valence-corrected chi connectivity index (χ3v) is 3.16. The Morgan fingerprint density at radius 3 is 2.35 bits per heavy atom. The summed E-state index contributed by atoms with van der Waals surface area (Å²) in [6.45, 7) is 6.21. The molecule has 1 aromatic heterocycles. The van der Waals surface area contributed by atoms with Crippen molar-refractivity contribution in [3.8, 4) is 0 Å². The number of carbonyl (C=O) groups excluding carboxylic acids is 1. The van der Waals surface area contributed by atoms with Crippen molar-refractivity contribution in [1.29, 1.82) is 0 Å². The Morgan fingerprint density at radius 2 is 1.90 bits per heavy atom. The average Bonchev–Trinajstić information content (AvgIpc) is 2.28. The molecule has 1 aliphatic rings. The highest BCUT2D eigenvalue weighted by Crippen LogP contribution is 2.34. The number of likely N-dealkylation sites (tertiary alicyclic amines) is 1. The van der Waals surface area contributed by atoms with Crippen molar-refractivity contribution in [1.82, 2.24) is 14.9 Å². The highest BCUT2D eigenvalue weighted by atomic mass is 35.5. The monoisotopic (exact) mass is 299 g/mol. The molecule has 1 amide bonds. The van der Waals surface area contributed by atoms with Crippen molar-refractivity contribution in [3.05, 3.63) is 23.2 Å². The van der Waals surface area contributed by atoms with E-state index in [4.69, 9.17) is 21.1 Å². The molecule has 1 aromatic rings. The van der Waals surface area contributed by atoms with Gasteiger partial charge in [0.2, 0.25) is 0 Å². The Morgan fingerprint density at radius 1 is 1.35 bits per heavy atom. The van der Waals surface area contributed by atoms with Gasteiger partial charge in [0, 0.05) is 19.5 Å². The fourth-order valence-electron chi connectivity index (χ4n) is 1.94. The minimum Gasteiger partial charge on any atom is -0.444 e. The topological polar surface area (TPSA) is 64.6 Å². The van der Waals surface area contributed by atoms with E-state index in [2.05, 4.69) is 9.97 Å². The van der Waals surface area contributed by atoms with E-state index in [1.165, 1.54) is 12.4 Å². The minimum absolute atomic E-state index is 0.361. The van der Waals surface area contributed by atoms with Gasteiger partial charge < -0.3 is 14.4 Å². The van der Waals surface area contributed by atoms with Crippen LogP contribution in [-0.2, 0) is 15.1 Å². The Hall–Kier alpha value is -1.40. The zero-order valence-corrected chi connectivity index (χ0v) is 12.8. The van der Waals surface area contributed by atoms with E-state index in [-0.39, 0.29) is 6.09 Å². The minimum atomic E-state index is -0.679. The molecule has 0 radical (unpaired) electrons. The summed E-state index contributed by atoms with van der Waals surface area (Å²) < 4.78 is 10.8. The van der Waals surface area contributed by atoms with Crippen LogP contribution in [0.25, 0.3) is 0 Å². The molecular formula is C13H18ClN3O3. The fourth-order valence-corrected chi connectivity index (χ4v) is 2.03. The van der Waals surface area contributed by atoms with Gasteiger partial charge in [-0.1, -0.05) is 11.6 Å². The normalized spacial score (nSPS) is 17.6.